The minimum absolute atomic E-state index is 0.340. The molecule has 1 saturated heterocycles. The van der Waals surface area contributed by atoms with Gasteiger partial charge in [-0.1, -0.05) is 17.7 Å². The molecule has 30 heavy (non-hydrogen) atoms. The molecule has 0 bridgehead atoms. The molecule has 1 aliphatic carbocycles. The van der Waals surface area contributed by atoms with Crippen molar-refractivity contribution in [1.29, 1.82) is 0 Å². The lowest BCUT2D eigenvalue weighted by Crippen LogP contribution is -2.25. The molecule has 0 unspecified atom stereocenters. The van der Waals surface area contributed by atoms with Crippen LogP contribution in [0.2, 0.25) is 5.02 Å². The minimum atomic E-state index is -0.340. The Hall–Kier alpha value is -2.57. The molecule has 5 nitrogen and oxygen atoms in total. The van der Waals surface area contributed by atoms with E-state index in [1.165, 1.54) is 18.2 Å². The van der Waals surface area contributed by atoms with Crippen LogP contribution in [0.4, 0.5) is 10.2 Å². The predicted octanol–water partition coefficient (Wildman–Crippen LogP) is 4.65. The third-order valence-corrected chi connectivity index (χ3v) is 6.49. The van der Waals surface area contributed by atoms with Gasteiger partial charge in [0.25, 0.3) is 0 Å². The van der Waals surface area contributed by atoms with Crippen molar-refractivity contribution in [3.8, 4) is 11.3 Å². The molecule has 3 aromatic rings. The van der Waals surface area contributed by atoms with Gasteiger partial charge in [-0.25, -0.2) is 4.39 Å². The highest BCUT2D eigenvalue weighted by molar-refractivity contribution is 6.33. The maximum Gasteiger partial charge on any atom is 0.148 e. The number of hydrogen-bond donors (Lipinski definition) is 1. The van der Waals surface area contributed by atoms with E-state index in [-0.39, 0.29) is 5.82 Å². The van der Waals surface area contributed by atoms with Gasteiger partial charge in [-0.15, -0.1) is 10.2 Å². The van der Waals surface area contributed by atoms with Crippen molar-refractivity contribution in [2.75, 3.05) is 18.4 Å². The molecule has 0 radical (unpaired) electrons. The molecule has 2 aliphatic rings. The highest BCUT2D eigenvalue weighted by atomic mass is 35.5. The molecule has 1 aromatic carbocycles. The molecule has 3 atom stereocenters. The zero-order valence-electron chi connectivity index (χ0n) is 16.5. The van der Waals surface area contributed by atoms with E-state index in [0.717, 1.165) is 44.0 Å². The van der Waals surface area contributed by atoms with E-state index >= 15 is 0 Å². The van der Waals surface area contributed by atoms with Crippen LogP contribution in [0.1, 0.15) is 18.5 Å². The number of benzene rings is 1. The van der Waals surface area contributed by atoms with E-state index in [0.29, 0.717) is 34.2 Å². The molecule has 2 fully saturated rings. The number of pyridine rings is 1. The Kier molecular flexibility index (Phi) is 5.35. The molecule has 1 saturated carbocycles. The van der Waals surface area contributed by atoms with Crippen LogP contribution in [-0.4, -0.2) is 39.2 Å². The van der Waals surface area contributed by atoms with Crippen LogP contribution in [-0.2, 0) is 6.54 Å². The van der Waals surface area contributed by atoms with E-state index in [1.54, 1.807) is 0 Å². The predicted molar refractivity (Wildman–Crippen MR) is 116 cm³/mol. The number of nitrogens with one attached hydrogen (secondary N) is 1. The Balaban J connectivity index is 1.17. The average molecular weight is 424 g/mol. The van der Waals surface area contributed by atoms with Gasteiger partial charge in [0.15, 0.2) is 0 Å². The summed E-state index contributed by atoms with van der Waals surface area (Å²) in [7, 11) is 0. The summed E-state index contributed by atoms with van der Waals surface area (Å²) in [6, 6.07) is 14.5. The molecular formula is C23H23ClFN5. The fourth-order valence-electron chi connectivity index (χ4n) is 4.82. The maximum atomic E-state index is 13.5. The molecule has 154 valence electrons. The molecule has 7 heteroatoms. The van der Waals surface area contributed by atoms with Gasteiger partial charge in [0.05, 0.1) is 16.4 Å². The minimum Gasteiger partial charge on any atom is -0.366 e. The average Bonchev–Trinajstić information content (AvgIpc) is 3.29. The van der Waals surface area contributed by atoms with Crippen molar-refractivity contribution in [2.45, 2.75) is 25.4 Å². The second-order valence-corrected chi connectivity index (χ2v) is 8.68. The van der Waals surface area contributed by atoms with Gasteiger partial charge >= 0.3 is 0 Å². The second kappa shape index (κ2) is 8.28. The van der Waals surface area contributed by atoms with Crippen LogP contribution in [0, 0.1) is 17.7 Å². The first-order valence-corrected chi connectivity index (χ1v) is 10.7. The number of fused-ring (bicyclic) bond motifs is 1. The quantitative estimate of drug-likeness (QED) is 0.647. The van der Waals surface area contributed by atoms with Crippen LogP contribution in [0.5, 0.6) is 0 Å². The molecule has 1 aliphatic heterocycles. The lowest BCUT2D eigenvalue weighted by molar-refractivity contribution is 0.297. The summed E-state index contributed by atoms with van der Waals surface area (Å²) in [5, 5.41) is 12.5. The van der Waals surface area contributed by atoms with Gasteiger partial charge in [-0.3, -0.25) is 9.88 Å². The summed E-state index contributed by atoms with van der Waals surface area (Å²) < 4.78 is 13.5. The van der Waals surface area contributed by atoms with E-state index in [9.17, 15) is 4.39 Å². The molecule has 2 aromatic heterocycles. The fourth-order valence-corrected chi connectivity index (χ4v) is 5.03. The first-order valence-electron chi connectivity index (χ1n) is 10.3. The summed E-state index contributed by atoms with van der Waals surface area (Å²) in [6.07, 6.45) is 4.14. The van der Waals surface area contributed by atoms with Crippen molar-refractivity contribution >= 4 is 17.4 Å². The summed E-state index contributed by atoms with van der Waals surface area (Å²) >= 11 is 6.17. The van der Waals surface area contributed by atoms with Gasteiger partial charge < -0.3 is 5.32 Å². The van der Waals surface area contributed by atoms with Crippen LogP contribution < -0.4 is 5.32 Å². The van der Waals surface area contributed by atoms with Crippen molar-refractivity contribution in [3.63, 3.8) is 0 Å². The van der Waals surface area contributed by atoms with Crippen LogP contribution in [0.3, 0.4) is 0 Å². The molecule has 1 N–H and O–H groups in total. The number of aromatic nitrogens is 3. The van der Waals surface area contributed by atoms with Crippen molar-refractivity contribution < 1.29 is 4.39 Å². The number of hydrogen-bond acceptors (Lipinski definition) is 5. The number of rotatable bonds is 5. The van der Waals surface area contributed by atoms with Crippen LogP contribution >= 0.6 is 11.6 Å². The van der Waals surface area contributed by atoms with Gasteiger partial charge in [0.2, 0.25) is 0 Å². The lowest BCUT2D eigenvalue weighted by atomic mass is 10.0. The number of anilines is 1. The monoisotopic (exact) mass is 423 g/mol. The summed E-state index contributed by atoms with van der Waals surface area (Å²) in [4.78, 5) is 6.97. The topological polar surface area (TPSA) is 53.9 Å². The largest absolute Gasteiger partial charge is 0.366 e. The van der Waals surface area contributed by atoms with E-state index in [4.69, 9.17) is 11.6 Å². The Morgan fingerprint density at radius 2 is 1.87 bits per heavy atom. The summed E-state index contributed by atoms with van der Waals surface area (Å²) in [5.41, 5.74) is 2.26. The SMILES string of the molecule is Fc1ccc(Cl)c(-c2ccc(N[C@@H]3C[C@@H]4CN(Cc5ccccn5)C[C@@H]4C3)nn2)c1. The third-order valence-electron chi connectivity index (χ3n) is 6.16. The Labute approximate surface area is 180 Å². The standard InChI is InChI=1S/C23H23ClFN5/c24-21-5-4-17(25)11-20(21)22-6-7-23(29-28-22)27-19-9-15-12-30(13-16(15)10-19)14-18-3-1-2-8-26-18/h1-8,11,15-16,19H,9-10,12-14H2,(H,27,29)/t15-,16+,19-. The Bertz CT molecular complexity index is 1000. The van der Waals surface area contributed by atoms with E-state index in [1.807, 2.05) is 30.5 Å². The highest BCUT2D eigenvalue weighted by Crippen LogP contribution is 2.39. The normalized spacial score (nSPS) is 23.5. The van der Waals surface area contributed by atoms with Crippen LogP contribution in [0.25, 0.3) is 11.3 Å². The Morgan fingerprint density at radius 3 is 2.57 bits per heavy atom. The molecule has 5 rings (SSSR count). The van der Waals surface area contributed by atoms with Crippen molar-refractivity contribution in [3.05, 3.63) is 71.3 Å². The first-order chi connectivity index (χ1) is 14.6. The number of nitrogens with zero attached hydrogens (tertiary/aromatic N) is 4. The Morgan fingerprint density at radius 1 is 1.03 bits per heavy atom. The molecule has 0 spiro atoms. The van der Waals surface area contributed by atoms with Gasteiger partial charge in [-0.05, 0) is 67.1 Å². The van der Waals surface area contributed by atoms with Gasteiger partial charge in [-0.2, -0.15) is 0 Å². The van der Waals surface area contributed by atoms with Crippen molar-refractivity contribution in [1.82, 2.24) is 20.1 Å². The summed E-state index contributed by atoms with van der Waals surface area (Å²) in [5.74, 6) is 1.84. The third kappa shape index (κ3) is 4.16. The number of halogens is 2. The summed E-state index contributed by atoms with van der Waals surface area (Å²) in [6.45, 7) is 3.19. The molecule has 3 heterocycles. The van der Waals surface area contributed by atoms with E-state index < -0.39 is 0 Å². The highest BCUT2D eigenvalue weighted by Gasteiger charge is 2.40. The van der Waals surface area contributed by atoms with Crippen molar-refractivity contribution in [2.24, 2.45) is 11.8 Å². The van der Waals surface area contributed by atoms with E-state index in [2.05, 4.69) is 31.5 Å². The fraction of sp³-hybridized carbons (Fsp3) is 0.348. The van der Waals surface area contributed by atoms with Gasteiger partial charge in [0.1, 0.15) is 11.6 Å². The zero-order chi connectivity index (χ0) is 20.5. The smallest absolute Gasteiger partial charge is 0.148 e. The van der Waals surface area contributed by atoms with Gasteiger partial charge in [0, 0.05) is 37.4 Å². The second-order valence-electron chi connectivity index (χ2n) is 8.28. The number of likely N-dealkylation sites (tertiary alicyclic amines) is 1. The zero-order valence-corrected chi connectivity index (χ0v) is 17.3. The lowest BCUT2D eigenvalue weighted by Gasteiger charge is -2.19. The molecular weight excluding hydrogens is 401 g/mol. The molecule has 0 amide bonds. The van der Waals surface area contributed by atoms with Crippen LogP contribution in [0.15, 0.2) is 54.7 Å². The maximum absolute atomic E-state index is 13.5. The first kappa shape index (κ1) is 19.4.